The van der Waals surface area contributed by atoms with E-state index in [2.05, 4.69) is 5.32 Å². The Morgan fingerprint density at radius 1 is 1.17 bits per heavy atom. The minimum absolute atomic E-state index is 0.145. The highest BCUT2D eigenvalue weighted by Gasteiger charge is 2.42. The second-order valence-corrected chi connectivity index (χ2v) is 5.11. The maximum Gasteiger partial charge on any atom is 0.391 e. The maximum absolute atomic E-state index is 12.7. The monoisotopic (exact) mass is 257 g/mol. The van der Waals surface area contributed by atoms with E-state index in [-0.39, 0.29) is 18.9 Å². The summed E-state index contributed by atoms with van der Waals surface area (Å²) in [5, 5.41) is 3.18. The van der Waals surface area contributed by atoms with Crippen LogP contribution in [0.1, 0.15) is 35.6 Å². The lowest BCUT2D eigenvalue weighted by atomic mass is 9.87. The van der Waals surface area contributed by atoms with Crippen molar-refractivity contribution in [1.29, 1.82) is 0 Å². The number of hydrogen-bond donors (Lipinski definition) is 1. The van der Waals surface area contributed by atoms with E-state index in [0.717, 1.165) is 11.1 Å². The number of alkyl halides is 3. The molecule has 1 aliphatic heterocycles. The lowest BCUT2D eigenvalue weighted by Gasteiger charge is -2.32. The maximum atomic E-state index is 12.7. The predicted molar refractivity (Wildman–Crippen MR) is 65.4 cm³/mol. The summed E-state index contributed by atoms with van der Waals surface area (Å²) in [6.45, 7) is 4.43. The highest BCUT2D eigenvalue weighted by atomic mass is 19.4. The molecule has 18 heavy (non-hydrogen) atoms. The first-order valence-electron chi connectivity index (χ1n) is 6.25. The van der Waals surface area contributed by atoms with Crippen LogP contribution in [0.2, 0.25) is 0 Å². The van der Waals surface area contributed by atoms with Crippen LogP contribution in [0.3, 0.4) is 0 Å². The first-order valence-corrected chi connectivity index (χ1v) is 6.25. The van der Waals surface area contributed by atoms with Crippen molar-refractivity contribution in [1.82, 2.24) is 5.32 Å². The van der Waals surface area contributed by atoms with Gasteiger partial charge >= 0.3 is 6.18 Å². The third-order valence-corrected chi connectivity index (χ3v) is 3.80. The molecule has 1 aliphatic rings. The largest absolute Gasteiger partial charge is 0.391 e. The normalized spacial score (nSPS) is 25.2. The van der Waals surface area contributed by atoms with Crippen molar-refractivity contribution in [2.75, 3.05) is 6.54 Å². The van der Waals surface area contributed by atoms with Gasteiger partial charge in [-0.05, 0) is 49.9 Å². The molecule has 2 unspecified atom stereocenters. The molecule has 0 radical (unpaired) electrons. The van der Waals surface area contributed by atoms with Crippen LogP contribution in [0.15, 0.2) is 18.2 Å². The Balaban J connectivity index is 2.15. The SMILES string of the molecule is Cc1ccc(C2CC(C(F)(F)F)CCN2)cc1C. The van der Waals surface area contributed by atoms with E-state index in [4.69, 9.17) is 0 Å². The van der Waals surface area contributed by atoms with Gasteiger partial charge in [0, 0.05) is 6.04 Å². The zero-order chi connectivity index (χ0) is 13.3. The molecule has 100 valence electrons. The summed E-state index contributed by atoms with van der Waals surface area (Å²) in [7, 11) is 0. The van der Waals surface area contributed by atoms with E-state index < -0.39 is 12.1 Å². The molecule has 2 atom stereocenters. The van der Waals surface area contributed by atoms with Gasteiger partial charge in [0.05, 0.1) is 5.92 Å². The van der Waals surface area contributed by atoms with Crippen molar-refractivity contribution in [3.63, 3.8) is 0 Å². The van der Waals surface area contributed by atoms with Crippen LogP contribution in [0.25, 0.3) is 0 Å². The molecule has 2 rings (SSSR count). The summed E-state index contributed by atoms with van der Waals surface area (Å²) >= 11 is 0. The first-order chi connectivity index (χ1) is 8.38. The van der Waals surface area contributed by atoms with Crippen molar-refractivity contribution in [3.05, 3.63) is 34.9 Å². The molecular weight excluding hydrogens is 239 g/mol. The number of hydrogen-bond acceptors (Lipinski definition) is 1. The number of aryl methyl sites for hydroxylation is 2. The number of piperidine rings is 1. The van der Waals surface area contributed by atoms with E-state index in [0.29, 0.717) is 6.54 Å². The highest BCUT2D eigenvalue weighted by Crippen LogP contribution is 2.38. The lowest BCUT2D eigenvalue weighted by molar-refractivity contribution is -0.183. The second-order valence-electron chi connectivity index (χ2n) is 5.11. The Bertz CT molecular complexity index is 426. The molecule has 1 aromatic carbocycles. The van der Waals surface area contributed by atoms with Crippen LogP contribution in [-0.2, 0) is 0 Å². The van der Waals surface area contributed by atoms with E-state index in [1.54, 1.807) is 0 Å². The summed E-state index contributed by atoms with van der Waals surface area (Å²) in [5.74, 6) is -1.18. The van der Waals surface area contributed by atoms with Crippen LogP contribution in [-0.4, -0.2) is 12.7 Å². The molecule has 0 spiro atoms. The third-order valence-electron chi connectivity index (χ3n) is 3.80. The molecule has 1 N–H and O–H groups in total. The van der Waals surface area contributed by atoms with Crippen molar-refractivity contribution in [2.24, 2.45) is 5.92 Å². The molecule has 1 aromatic rings. The summed E-state index contributed by atoms with van der Waals surface area (Å²) in [6.07, 6.45) is -3.74. The Labute approximate surface area is 105 Å². The van der Waals surface area contributed by atoms with Crippen molar-refractivity contribution in [3.8, 4) is 0 Å². The van der Waals surface area contributed by atoms with Crippen molar-refractivity contribution < 1.29 is 13.2 Å². The van der Waals surface area contributed by atoms with Gasteiger partial charge < -0.3 is 5.32 Å². The number of nitrogens with one attached hydrogen (secondary N) is 1. The van der Waals surface area contributed by atoms with Crippen molar-refractivity contribution >= 4 is 0 Å². The lowest BCUT2D eigenvalue weighted by Crippen LogP contribution is -2.38. The van der Waals surface area contributed by atoms with Gasteiger partial charge in [-0.1, -0.05) is 18.2 Å². The highest BCUT2D eigenvalue weighted by molar-refractivity contribution is 5.32. The topological polar surface area (TPSA) is 12.0 Å². The second kappa shape index (κ2) is 4.92. The molecule has 4 heteroatoms. The molecule has 0 bridgehead atoms. The summed E-state index contributed by atoms with van der Waals surface area (Å²) in [4.78, 5) is 0. The predicted octanol–water partition coefficient (Wildman–Crippen LogP) is 3.91. The van der Waals surface area contributed by atoms with E-state index in [9.17, 15) is 13.2 Å². The smallest absolute Gasteiger partial charge is 0.310 e. The van der Waals surface area contributed by atoms with Crippen LogP contribution in [0.4, 0.5) is 13.2 Å². The van der Waals surface area contributed by atoms with Crippen LogP contribution < -0.4 is 5.32 Å². The number of rotatable bonds is 1. The number of halogens is 3. The fourth-order valence-corrected chi connectivity index (χ4v) is 2.45. The zero-order valence-corrected chi connectivity index (χ0v) is 10.6. The van der Waals surface area contributed by atoms with E-state index in [1.807, 2.05) is 32.0 Å². The molecule has 0 aromatic heterocycles. The summed E-state index contributed by atoms with van der Waals surface area (Å²) < 4.78 is 38.2. The van der Waals surface area contributed by atoms with Gasteiger partial charge in [0.15, 0.2) is 0 Å². The fraction of sp³-hybridized carbons (Fsp3) is 0.571. The first kappa shape index (κ1) is 13.4. The molecule has 0 saturated carbocycles. The summed E-state index contributed by atoms with van der Waals surface area (Å²) in [5.41, 5.74) is 3.26. The molecule has 0 amide bonds. The number of benzene rings is 1. The summed E-state index contributed by atoms with van der Waals surface area (Å²) in [6, 6.07) is 5.72. The minimum Gasteiger partial charge on any atom is -0.310 e. The van der Waals surface area contributed by atoms with E-state index in [1.165, 1.54) is 5.56 Å². The van der Waals surface area contributed by atoms with Gasteiger partial charge in [0.25, 0.3) is 0 Å². The molecular formula is C14H18F3N. The Hall–Kier alpha value is -1.03. The molecule has 1 saturated heterocycles. The van der Waals surface area contributed by atoms with Crippen LogP contribution in [0.5, 0.6) is 0 Å². The third kappa shape index (κ3) is 2.86. The van der Waals surface area contributed by atoms with Gasteiger partial charge in [-0.25, -0.2) is 0 Å². The Kier molecular flexibility index (Phi) is 3.66. The van der Waals surface area contributed by atoms with E-state index >= 15 is 0 Å². The fourth-order valence-electron chi connectivity index (χ4n) is 2.45. The van der Waals surface area contributed by atoms with Gasteiger partial charge in [-0.3, -0.25) is 0 Å². The van der Waals surface area contributed by atoms with Crippen LogP contribution >= 0.6 is 0 Å². The zero-order valence-electron chi connectivity index (χ0n) is 10.6. The van der Waals surface area contributed by atoms with Crippen molar-refractivity contribution in [2.45, 2.75) is 38.9 Å². The standard InChI is InChI=1S/C14H18F3N/c1-9-3-4-11(7-10(9)2)13-8-12(5-6-18-13)14(15,16)17/h3-4,7,12-13,18H,5-6,8H2,1-2H3. The molecule has 1 heterocycles. The Morgan fingerprint density at radius 3 is 2.50 bits per heavy atom. The molecule has 1 fully saturated rings. The minimum atomic E-state index is -4.07. The van der Waals surface area contributed by atoms with Crippen LogP contribution in [0, 0.1) is 19.8 Å². The Morgan fingerprint density at radius 2 is 1.89 bits per heavy atom. The molecule has 0 aliphatic carbocycles. The average molecular weight is 257 g/mol. The average Bonchev–Trinajstić information content (AvgIpc) is 2.32. The quantitative estimate of drug-likeness (QED) is 0.804. The van der Waals surface area contributed by atoms with Gasteiger partial charge in [-0.2, -0.15) is 13.2 Å². The van der Waals surface area contributed by atoms with Gasteiger partial charge in [-0.15, -0.1) is 0 Å². The van der Waals surface area contributed by atoms with Gasteiger partial charge in [0.1, 0.15) is 0 Å². The molecule has 1 nitrogen and oxygen atoms in total. The van der Waals surface area contributed by atoms with Gasteiger partial charge in [0.2, 0.25) is 0 Å².